The van der Waals surface area contributed by atoms with Crippen LogP contribution in [0.1, 0.15) is 24.8 Å². The molecule has 2 aromatic heterocycles. The van der Waals surface area contributed by atoms with Gasteiger partial charge in [0, 0.05) is 17.0 Å². The van der Waals surface area contributed by atoms with Crippen molar-refractivity contribution in [2.75, 3.05) is 0 Å². The van der Waals surface area contributed by atoms with Crippen LogP contribution >= 0.6 is 11.3 Å². The van der Waals surface area contributed by atoms with E-state index in [4.69, 9.17) is 9.52 Å². The number of nitrogens with one attached hydrogen (secondary N) is 1. The van der Waals surface area contributed by atoms with Crippen molar-refractivity contribution in [1.29, 1.82) is 0 Å². The molecule has 0 radical (unpaired) electrons. The van der Waals surface area contributed by atoms with Gasteiger partial charge in [-0.25, -0.2) is 4.98 Å². The van der Waals surface area contributed by atoms with E-state index in [1.54, 1.807) is 25.2 Å². The van der Waals surface area contributed by atoms with Crippen LogP contribution in [0.15, 0.2) is 21.2 Å². The Hall–Kier alpha value is -2.15. The summed E-state index contributed by atoms with van der Waals surface area (Å²) in [5, 5.41) is 15.1. The minimum atomic E-state index is -0.944. The molecule has 21 heavy (non-hydrogen) atoms. The van der Waals surface area contributed by atoms with E-state index in [-0.39, 0.29) is 18.7 Å². The summed E-state index contributed by atoms with van der Waals surface area (Å²) in [6.07, 6.45) is -0.0346. The van der Waals surface area contributed by atoms with Gasteiger partial charge in [-0.3, -0.25) is 9.59 Å². The van der Waals surface area contributed by atoms with Gasteiger partial charge in [0.25, 0.3) is 0 Å². The van der Waals surface area contributed by atoms with Crippen LogP contribution in [0.4, 0.5) is 0 Å². The third-order valence-electron chi connectivity index (χ3n) is 2.88. The molecule has 0 bridgehead atoms. The Kier molecular flexibility index (Phi) is 4.74. The maximum atomic E-state index is 11.9. The van der Waals surface area contributed by atoms with Crippen LogP contribution in [0.5, 0.6) is 0 Å². The van der Waals surface area contributed by atoms with Gasteiger partial charge >= 0.3 is 5.97 Å². The molecule has 0 aliphatic rings. The predicted molar refractivity (Wildman–Crippen MR) is 78.1 cm³/mol. The van der Waals surface area contributed by atoms with Crippen LogP contribution < -0.4 is 5.32 Å². The van der Waals surface area contributed by atoms with Gasteiger partial charge in [-0.2, -0.15) is 11.3 Å². The fourth-order valence-electron chi connectivity index (χ4n) is 1.89. The second-order valence-corrected chi connectivity index (χ2v) is 5.56. The molecular weight excluding hydrogens is 292 g/mol. The van der Waals surface area contributed by atoms with Crippen molar-refractivity contribution in [3.8, 4) is 11.5 Å². The third-order valence-corrected chi connectivity index (χ3v) is 3.56. The molecule has 2 rings (SSSR count). The van der Waals surface area contributed by atoms with Crippen molar-refractivity contribution in [1.82, 2.24) is 10.3 Å². The number of aliphatic carboxylic acids is 1. The molecule has 0 aromatic carbocycles. The predicted octanol–water partition coefficient (Wildman–Crippen LogP) is 2.23. The number of amides is 1. The Morgan fingerprint density at radius 3 is 2.90 bits per heavy atom. The molecule has 0 saturated heterocycles. The average molecular weight is 308 g/mol. The first kappa shape index (κ1) is 15.2. The normalized spacial score (nSPS) is 12.1. The van der Waals surface area contributed by atoms with Crippen LogP contribution in [0.2, 0.25) is 0 Å². The van der Waals surface area contributed by atoms with Gasteiger partial charge in [-0.05, 0) is 25.3 Å². The zero-order valence-corrected chi connectivity index (χ0v) is 12.6. The Morgan fingerprint density at radius 1 is 1.52 bits per heavy atom. The first-order valence-corrected chi connectivity index (χ1v) is 7.40. The number of carbonyl (C=O) groups excluding carboxylic acids is 1. The van der Waals surface area contributed by atoms with Crippen molar-refractivity contribution in [2.24, 2.45) is 0 Å². The van der Waals surface area contributed by atoms with Crippen LogP contribution in [-0.2, 0) is 16.0 Å². The lowest BCUT2D eigenvalue weighted by atomic mass is 10.2. The van der Waals surface area contributed by atoms with Crippen molar-refractivity contribution in [3.63, 3.8) is 0 Å². The molecule has 6 nitrogen and oxygen atoms in total. The quantitative estimate of drug-likeness (QED) is 0.853. The lowest BCUT2D eigenvalue weighted by Crippen LogP contribution is -2.35. The summed E-state index contributed by atoms with van der Waals surface area (Å²) in [7, 11) is 0. The van der Waals surface area contributed by atoms with Gasteiger partial charge in [0.15, 0.2) is 0 Å². The number of aromatic nitrogens is 1. The van der Waals surface area contributed by atoms with E-state index in [9.17, 15) is 9.59 Å². The van der Waals surface area contributed by atoms with Crippen molar-refractivity contribution < 1.29 is 19.1 Å². The van der Waals surface area contributed by atoms with Gasteiger partial charge in [0.05, 0.1) is 18.5 Å². The Labute approximate surface area is 125 Å². The van der Waals surface area contributed by atoms with E-state index in [2.05, 4.69) is 10.3 Å². The van der Waals surface area contributed by atoms with Crippen LogP contribution in [0.25, 0.3) is 11.5 Å². The molecule has 1 unspecified atom stereocenters. The molecule has 0 saturated carbocycles. The van der Waals surface area contributed by atoms with Crippen molar-refractivity contribution >= 4 is 23.2 Å². The van der Waals surface area contributed by atoms with Crippen molar-refractivity contribution in [2.45, 2.75) is 32.7 Å². The smallest absolute Gasteiger partial charge is 0.305 e. The Bertz CT molecular complexity index is 633. The number of carboxylic acids is 1. The molecule has 0 fully saturated rings. The standard InChI is InChI=1S/C14H16N2O4S/c1-8(5-13(18)19)15-12(17)6-11-9(2)20-14(16-11)10-3-4-21-7-10/h3-4,7-8H,5-6H2,1-2H3,(H,15,17)(H,18,19). The fourth-order valence-corrected chi connectivity index (χ4v) is 2.52. The number of carbonyl (C=O) groups is 2. The van der Waals surface area contributed by atoms with E-state index < -0.39 is 12.0 Å². The number of carboxylic acid groups (broad SMARTS) is 1. The SMILES string of the molecule is Cc1oc(-c2ccsc2)nc1CC(=O)NC(C)CC(=O)O. The van der Waals surface area contributed by atoms with E-state index >= 15 is 0 Å². The average Bonchev–Trinajstić information content (AvgIpc) is 2.98. The topological polar surface area (TPSA) is 92.4 Å². The monoisotopic (exact) mass is 308 g/mol. The van der Waals surface area contributed by atoms with E-state index in [1.807, 2.05) is 16.8 Å². The summed E-state index contributed by atoms with van der Waals surface area (Å²) in [6, 6.07) is 1.48. The number of oxazole rings is 1. The van der Waals surface area contributed by atoms with Crippen molar-refractivity contribution in [3.05, 3.63) is 28.3 Å². The van der Waals surface area contributed by atoms with E-state index in [1.165, 1.54) is 0 Å². The molecule has 2 aromatic rings. The largest absolute Gasteiger partial charge is 0.481 e. The molecule has 7 heteroatoms. The lowest BCUT2D eigenvalue weighted by Gasteiger charge is -2.10. The molecule has 1 atom stereocenters. The summed E-state index contributed by atoms with van der Waals surface area (Å²) in [5.41, 5.74) is 1.45. The summed E-state index contributed by atoms with van der Waals surface area (Å²) in [5.74, 6) is -0.121. The minimum absolute atomic E-state index is 0.0728. The Balaban J connectivity index is 2.00. The first-order chi connectivity index (χ1) is 9.95. The molecule has 0 spiro atoms. The number of hydrogen-bond donors (Lipinski definition) is 2. The maximum absolute atomic E-state index is 11.9. The number of nitrogens with zero attached hydrogens (tertiary/aromatic N) is 1. The van der Waals surface area contributed by atoms with Gasteiger partial charge in [0.2, 0.25) is 11.8 Å². The number of hydrogen-bond acceptors (Lipinski definition) is 5. The molecular formula is C14H16N2O4S. The number of thiophene rings is 1. The lowest BCUT2D eigenvalue weighted by molar-refractivity contribution is -0.137. The molecule has 2 heterocycles. The summed E-state index contributed by atoms with van der Waals surface area (Å²) in [4.78, 5) is 26.8. The van der Waals surface area contributed by atoms with Gasteiger partial charge in [-0.1, -0.05) is 0 Å². The Morgan fingerprint density at radius 2 is 2.29 bits per heavy atom. The van der Waals surface area contributed by atoms with Gasteiger partial charge in [-0.15, -0.1) is 0 Å². The highest BCUT2D eigenvalue weighted by atomic mass is 32.1. The van der Waals surface area contributed by atoms with Gasteiger partial charge < -0.3 is 14.8 Å². The molecule has 2 N–H and O–H groups in total. The highest BCUT2D eigenvalue weighted by Gasteiger charge is 2.17. The summed E-state index contributed by atoms with van der Waals surface area (Å²) >= 11 is 1.54. The maximum Gasteiger partial charge on any atom is 0.305 e. The van der Waals surface area contributed by atoms with E-state index in [0.717, 1.165) is 5.56 Å². The second kappa shape index (κ2) is 6.53. The van der Waals surface area contributed by atoms with E-state index in [0.29, 0.717) is 17.3 Å². The number of aryl methyl sites for hydroxylation is 1. The molecule has 0 aliphatic carbocycles. The highest BCUT2D eigenvalue weighted by Crippen LogP contribution is 2.23. The highest BCUT2D eigenvalue weighted by molar-refractivity contribution is 7.08. The van der Waals surface area contributed by atoms with Crippen LogP contribution in [-0.4, -0.2) is 28.0 Å². The van der Waals surface area contributed by atoms with Gasteiger partial charge in [0.1, 0.15) is 5.76 Å². The summed E-state index contributed by atoms with van der Waals surface area (Å²) in [6.45, 7) is 3.41. The number of rotatable bonds is 6. The molecule has 0 aliphatic heterocycles. The molecule has 112 valence electrons. The fraction of sp³-hybridized carbons (Fsp3) is 0.357. The molecule has 1 amide bonds. The van der Waals surface area contributed by atoms with Crippen LogP contribution in [0, 0.1) is 6.92 Å². The zero-order chi connectivity index (χ0) is 15.4. The minimum Gasteiger partial charge on any atom is -0.481 e. The zero-order valence-electron chi connectivity index (χ0n) is 11.8. The second-order valence-electron chi connectivity index (χ2n) is 4.78. The third kappa shape index (κ3) is 4.16. The summed E-state index contributed by atoms with van der Waals surface area (Å²) < 4.78 is 5.55. The van der Waals surface area contributed by atoms with Crippen LogP contribution in [0.3, 0.4) is 0 Å². The first-order valence-electron chi connectivity index (χ1n) is 6.45.